The maximum atomic E-state index is 11.9. The van der Waals surface area contributed by atoms with Crippen LogP contribution in [0.1, 0.15) is 34.9 Å². The number of anilines is 1. The van der Waals surface area contributed by atoms with Crippen molar-refractivity contribution >= 4 is 22.4 Å². The Morgan fingerprint density at radius 1 is 1.42 bits per heavy atom. The fourth-order valence-corrected chi connectivity index (χ4v) is 2.66. The van der Waals surface area contributed by atoms with Crippen molar-refractivity contribution in [1.82, 2.24) is 15.3 Å². The summed E-state index contributed by atoms with van der Waals surface area (Å²) in [7, 11) is 0. The van der Waals surface area contributed by atoms with Crippen LogP contribution in [-0.4, -0.2) is 22.4 Å². The fraction of sp³-hybridized carbons (Fsp3) is 0.308. The predicted molar refractivity (Wildman–Crippen MR) is 74.3 cm³/mol. The summed E-state index contributed by atoms with van der Waals surface area (Å²) in [6, 6.07) is 4.06. The summed E-state index contributed by atoms with van der Waals surface area (Å²) in [6.45, 7) is 1.04. The van der Waals surface area contributed by atoms with Gasteiger partial charge in [-0.2, -0.15) is 0 Å². The molecule has 3 heterocycles. The van der Waals surface area contributed by atoms with E-state index in [1.165, 1.54) is 17.8 Å². The number of carbonyl (C=O) groups is 1. The monoisotopic (exact) mass is 274 g/mol. The average Bonchev–Trinajstić information content (AvgIpc) is 3.12. The number of nitrogens with one attached hydrogen (secondary N) is 2. The van der Waals surface area contributed by atoms with Gasteiger partial charge in [-0.1, -0.05) is 0 Å². The van der Waals surface area contributed by atoms with Crippen LogP contribution in [-0.2, 0) is 0 Å². The third-order valence-corrected chi connectivity index (χ3v) is 3.81. The van der Waals surface area contributed by atoms with Gasteiger partial charge in [0.05, 0.1) is 11.3 Å². The molecule has 1 atom stereocenters. The van der Waals surface area contributed by atoms with Crippen LogP contribution < -0.4 is 10.6 Å². The Kier molecular flexibility index (Phi) is 3.52. The molecule has 1 saturated heterocycles. The number of rotatable bonds is 3. The molecule has 0 radical (unpaired) electrons. The molecular formula is C13H14N4OS. The van der Waals surface area contributed by atoms with E-state index in [1.54, 1.807) is 12.4 Å². The highest BCUT2D eigenvalue weighted by Gasteiger charge is 2.17. The third-order valence-electron chi connectivity index (χ3n) is 3.12. The molecule has 98 valence electrons. The van der Waals surface area contributed by atoms with Gasteiger partial charge in [0.25, 0.3) is 5.91 Å². The number of thiazole rings is 1. The summed E-state index contributed by atoms with van der Waals surface area (Å²) < 4.78 is 0. The molecule has 2 N–H and O–H groups in total. The fourth-order valence-electron chi connectivity index (χ4n) is 2.14. The maximum Gasteiger partial charge on any atom is 0.259 e. The van der Waals surface area contributed by atoms with Gasteiger partial charge in [0.1, 0.15) is 0 Å². The molecule has 1 aliphatic rings. The van der Waals surface area contributed by atoms with Crippen LogP contribution in [0.3, 0.4) is 0 Å². The first kappa shape index (κ1) is 12.3. The summed E-state index contributed by atoms with van der Waals surface area (Å²) in [6.07, 6.45) is 5.57. The number of hydrogen-bond donors (Lipinski definition) is 2. The van der Waals surface area contributed by atoms with Crippen molar-refractivity contribution in [3.63, 3.8) is 0 Å². The van der Waals surface area contributed by atoms with Crippen LogP contribution in [0.2, 0.25) is 0 Å². The molecule has 2 aromatic rings. The standard InChI is InChI=1S/C13H14N4OS/c18-12(17-13-15-6-7-19-13)9-3-4-11(16-8-9)10-2-1-5-14-10/h3-4,6-8,10,14H,1-2,5H2,(H,15,17,18). The summed E-state index contributed by atoms with van der Waals surface area (Å²) in [4.78, 5) is 20.3. The molecule has 1 amide bonds. The van der Waals surface area contributed by atoms with E-state index in [1.807, 2.05) is 17.5 Å². The second-order valence-electron chi connectivity index (χ2n) is 4.41. The van der Waals surface area contributed by atoms with Gasteiger partial charge in [-0.3, -0.25) is 15.1 Å². The maximum absolute atomic E-state index is 11.9. The van der Waals surface area contributed by atoms with E-state index in [0.29, 0.717) is 16.7 Å². The second kappa shape index (κ2) is 5.46. The van der Waals surface area contributed by atoms with Crippen LogP contribution in [0, 0.1) is 0 Å². The van der Waals surface area contributed by atoms with Crippen LogP contribution in [0.15, 0.2) is 29.9 Å². The number of carbonyl (C=O) groups excluding carboxylic acids is 1. The zero-order valence-corrected chi connectivity index (χ0v) is 11.1. The molecule has 2 aromatic heterocycles. The van der Waals surface area contributed by atoms with Gasteiger partial charge in [0.15, 0.2) is 5.13 Å². The minimum atomic E-state index is -0.173. The lowest BCUT2D eigenvalue weighted by atomic mass is 10.1. The molecule has 0 bridgehead atoms. The Balaban J connectivity index is 1.69. The molecule has 1 fully saturated rings. The van der Waals surface area contributed by atoms with E-state index in [4.69, 9.17) is 0 Å². The van der Waals surface area contributed by atoms with Gasteiger partial charge in [0, 0.05) is 23.8 Å². The van der Waals surface area contributed by atoms with Crippen LogP contribution in [0.5, 0.6) is 0 Å². The highest BCUT2D eigenvalue weighted by atomic mass is 32.1. The second-order valence-corrected chi connectivity index (χ2v) is 5.31. The van der Waals surface area contributed by atoms with Crippen LogP contribution in [0.4, 0.5) is 5.13 Å². The molecule has 3 rings (SSSR count). The molecule has 19 heavy (non-hydrogen) atoms. The Labute approximate surface area is 115 Å². The number of hydrogen-bond acceptors (Lipinski definition) is 5. The smallest absolute Gasteiger partial charge is 0.259 e. The van der Waals surface area contributed by atoms with Crippen molar-refractivity contribution in [2.24, 2.45) is 0 Å². The van der Waals surface area contributed by atoms with E-state index in [2.05, 4.69) is 20.6 Å². The zero-order valence-electron chi connectivity index (χ0n) is 10.3. The first-order valence-electron chi connectivity index (χ1n) is 6.23. The van der Waals surface area contributed by atoms with Gasteiger partial charge < -0.3 is 5.32 Å². The number of aromatic nitrogens is 2. The number of nitrogens with zero attached hydrogens (tertiary/aromatic N) is 2. The Bertz CT molecular complexity index is 547. The number of pyridine rings is 1. The third kappa shape index (κ3) is 2.80. The Morgan fingerprint density at radius 2 is 2.37 bits per heavy atom. The van der Waals surface area contributed by atoms with Gasteiger partial charge in [0.2, 0.25) is 0 Å². The lowest BCUT2D eigenvalue weighted by Gasteiger charge is -2.09. The van der Waals surface area contributed by atoms with Gasteiger partial charge in [-0.05, 0) is 31.5 Å². The molecule has 5 nitrogen and oxygen atoms in total. The van der Waals surface area contributed by atoms with E-state index in [9.17, 15) is 4.79 Å². The first-order valence-corrected chi connectivity index (χ1v) is 7.11. The lowest BCUT2D eigenvalue weighted by Crippen LogP contribution is -2.16. The van der Waals surface area contributed by atoms with E-state index in [0.717, 1.165) is 18.7 Å². The van der Waals surface area contributed by atoms with E-state index >= 15 is 0 Å². The molecule has 0 aliphatic carbocycles. The molecule has 0 saturated carbocycles. The van der Waals surface area contributed by atoms with Crippen molar-refractivity contribution in [3.05, 3.63) is 41.2 Å². The predicted octanol–water partition coefficient (Wildman–Crippen LogP) is 2.21. The van der Waals surface area contributed by atoms with Gasteiger partial charge >= 0.3 is 0 Å². The van der Waals surface area contributed by atoms with Crippen molar-refractivity contribution < 1.29 is 4.79 Å². The Hall–Kier alpha value is -1.79. The minimum absolute atomic E-state index is 0.173. The van der Waals surface area contributed by atoms with Crippen molar-refractivity contribution in [2.45, 2.75) is 18.9 Å². The zero-order chi connectivity index (χ0) is 13.1. The Morgan fingerprint density at radius 3 is 3.00 bits per heavy atom. The van der Waals surface area contributed by atoms with E-state index < -0.39 is 0 Å². The van der Waals surface area contributed by atoms with E-state index in [-0.39, 0.29) is 5.91 Å². The molecule has 1 aliphatic heterocycles. The quantitative estimate of drug-likeness (QED) is 0.900. The van der Waals surface area contributed by atoms with Crippen molar-refractivity contribution in [1.29, 1.82) is 0 Å². The van der Waals surface area contributed by atoms with Crippen molar-refractivity contribution in [3.8, 4) is 0 Å². The van der Waals surface area contributed by atoms with Crippen LogP contribution in [0.25, 0.3) is 0 Å². The molecule has 6 heteroatoms. The molecule has 0 aromatic carbocycles. The van der Waals surface area contributed by atoms with Crippen molar-refractivity contribution in [2.75, 3.05) is 11.9 Å². The van der Waals surface area contributed by atoms with Gasteiger partial charge in [-0.25, -0.2) is 4.98 Å². The highest BCUT2D eigenvalue weighted by Crippen LogP contribution is 2.21. The summed E-state index contributed by atoms with van der Waals surface area (Å²) in [5, 5.41) is 8.55. The normalized spacial score (nSPS) is 18.4. The topological polar surface area (TPSA) is 66.9 Å². The van der Waals surface area contributed by atoms with Gasteiger partial charge in [-0.15, -0.1) is 11.3 Å². The highest BCUT2D eigenvalue weighted by molar-refractivity contribution is 7.13. The number of amides is 1. The summed E-state index contributed by atoms with van der Waals surface area (Å²) >= 11 is 1.40. The lowest BCUT2D eigenvalue weighted by molar-refractivity contribution is 0.102. The first-order chi connectivity index (χ1) is 9.33. The molecule has 0 spiro atoms. The summed E-state index contributed by atoms with van der Waals surface area (Å²) in [5.74, 6) is -0.173. The molecular weight excluding hydrogens is 260 g/mol. The average molecular weight is 274 g/mol. The minimum Gasteiger partial charge on any atom is -0.309 e. The largest absolute Gasteiger partial charge is 0.309 e. The summed E-state index contributed by atoms with van der Waals surface area (Å²) in [5.41, 5.74) is 1.56. The molecule has 1 unspecified atom stereocenters. The SMILES string of the molecule is O=C(Nc1nccs1)c1ccc(C2CCCN2)nc1. The van der Waals surface area contributed by atoms with Crippen LogP contribution >= 0.6 is 11.3 Å².